The lowest BCUT2D eigenvalue weighted by Gasteiger charge is -2.17. The smallest absolute Gasteiger partial charge is 0.281 e. The van der Waals surface area contributed by atoms with Crippen LogP contribution in [-0.4, -0.2) is 9.67 Å². The van der Waals surface area contributed by atoms with E-state index in [4.69, 9.17) is 11.6 Å². The average molecular weight is 359 g/mol. The Kier molecular flexibility index (Phi) is 5.60. The Balaban J connectivity index is 2.64. The predicted octanol–water partition coefficient (Wildman–Crippen LogP) is 5.08. The molecule has 25 heavy (non-hydrogen) atoms. The molecule has 0 saturated carbocycles. The van der Waals surface area contributed by atoms with E-state index < -0.39 is 5.56 Å². The quantitative estimate of drug-likeness (QED) is 0.772. The van der Waals surface area contributed by atoms with Crippen molar-refractivity contribution in [2.24, 2.45) is 10.2 Å². The summed E-state index contributed by atoms with van der Waals surface area (Å²) in [5, 5.41) is 28.3. The molecule has 0 radical (unpaired) electrons. The lowest BCUT2D eigenvalue weighted by Crippen LogP contribution is -2.24. The highest BCUT2D eigenvalue weighted by Crippen LogP contribution is 2.30. The molecule has 1 aromatic heterocycles. The second kappa shape index (κ2) is 7.49. The maximum absolute atomic E-state index is 12.7. The van der Waals surface area contributed by atoms with Crippen LogP contribution in [-0.2, 0) is 0 Å². The van der Waals surface area contributed by atoms with Crippen molar-refractivity contribution in [3.63, 3.8) is 0 Å². The molecule has 1 unspecified atom stereocenters. The summed E-state index contributed by atoms with van der Waals surface area (Å²) < 4.78 is 1.18. The van der Waals surface area contributed by atoms with E-state index >= 15 is 0 Å². The zero-order valence-electron chi connectivity index (χ0n) is 14.5. The van der Waals surface area contributed by atoms with Crippen LogP contribution < -0.4 is 5.56 Å². The van der Waals surface area contributed by atoms with Crippen molar-refractivity contribution in [1.29, 1.82) is 5.26 Å². The maximum Gasteiger partial charge on any atom is 0.281 e. The van der Waals surface area contributed by atoms with Gasteiger partial charge in [0, 0.05) is 16.6 Å². The molecule has 0 aliphatic rings. The van der Waals surface area contributed by atoms with Crippen molar-refractivity contribution in [3.8, 4) is 11.9 Å². The van der Waals surface area contributed by atoms with E-state index in [9.17, 15) is 15.2 Å². The minimum absolute atomic E-state index is 0.0239. The molecule has 2 rings (SSSR count). The first-order chi connectivity index (χ1) is 11.8. The first kappa shape index (κ1) is 18.7. The monoisotopic (exact) mass is 358 g/mol. The Morgan fingerprint density at radius 3 is 2.60 bits per heavy atom. The van der Waals surface area contributed by atoms with Gasteiger partial charge in [-0.1, -0.05) is 24.6 Å². The van der Waals surface area contributed by atoms with Crippen LogP contribution in [0.2, 0.25) is 5.02 Å². The molecule has 0 spiro atoms. The molecule has 1 heterocycles. The molecule has 1 N–H and O–H groups in total. The molecule has 1 atom stereocenters. The number of nitrogens with zero attached hydrogens (tertiary/aromatic N) is 4. The average Bonchev–Trinajstić information content (AvgIpc) is 2.58. The Hall–Kier alpha value is -2.65. The van der Waals surface area contributed by atoms with Crippen molar-refractivity contribution >= 4 is 23.0 Å². The SMILES string of the molecule is CCC(C)n1c(O)c(C#N)c(C)c(N=Nc2ccc(C)c(Cl)c2)c1=O. The number of nitriles is 1. The number of aryl methyl sites for hydroxylation is 1. The van der Waals surface area contributed by atoms with Gasteiger partial charge in [-0.05, 0) is 44.9 Å². The van der Waals surface area contributed by atoms with E-state index in [1.165, 1.54) is 4.57 Å². The van der Waals surface area contributed by atoms with Gasteiger partial charge in [-0.15, -0.1) is 5.11 Å². The van der Waals surface area contributed by atoms with Gasteiger partial charge in [0.1, 0.15) is 11.6 Å². The third-order valence-corrected chi connectivity index (χ3v) is 4.57. The van der Waals surface area contributed by atoms with Gasteiger partial charge in [-0.3, -0.25) is 9.36 Å². The van der Waals surface area contributed by atoms with Crippen LogP contribution in [0.4, 0.5) is 11.4 Å². The van der Waals surface area contributed by atoms with Crippen LogP contribution >= 0.6 is 11.6 Å². The number of benzene rings is 1. The maximum atomic E-state index is 12.7. The predicted molar refractivity (Wildman–Crippen MR) is 97.2 cm³/mol. The highest BCUT2D eigenvalue weighted by molar-refractivity contribution is 6.31. The Labute approximate surface area is 151 Å². The van der Waals surface area contributed by atoms with E-state index in [-0.39, 0.29) is 23.2 Å². The van der Waals surface area contributed by atoms with Crippen molar-refractivity contribution in [1.82, 2.24) is 4.57 Å². The van der Waals surface area contributed by atoms with Gasteiger partial charge >= 0.3 is 0 Å². The highest BCUT2D eigenvalue weighted by Gasteiger charge is 2.21. The van der Waals surface area contributed by atoms with Crippen LogP contribution in [0.1, 0.15) is 43.0 Å². The van der Waals surface area contributed by atoms with E-state index in [0.29, 0.717) is 22.7 Å². The first-order valence-electron chi connectivity index (χ1n) is 7.87. The third kappa shape index (κ3) is 3.57. The van der Waals surface area contributed by atoms with Crippen LogP contribution in [0.3, 0.4) is 0 Å². The number of hydrogen-bond acceptors (Lipinski definition) is 5. The first-order valence-corrected chi connectivity index (χ1v) is 8.25. The van der Waals surface area contributed by atoms with Crippen LogP contribution in [0.15, 0.2) is 33.2 Å². The molecule has 0 saturated heterocycles. The fraction of sp³-hybridized carbons (Fsp3) is 0.333. The molecular weight excluding hydrogens is 340 g/mol. The van der Waals surface area contributed by atoms with Crippen LogP contribution in [0.5, 0.6) is 5.88 Å². The molecule has 0 aliphatic carbocycles. The van der Waals surface area contributed by atoms with Gasteiger partial charge in [0.2, 0.25) is 5.88 Å². The number of azo groups is 1. The fourth-order valence-corrected chi connectivity index (χ4v) is 2.55. The summed E-state index contributed by atoms with van der Waals surface area (Å²) in [4.78, 5) is 12.7. The number of aromatic nitrogens is 1. The molecule has 7 heteroatoms. The zero-order valence-corrected chi connectivity index (χ0v) is 15.3. The Bertz CT molecular complexity index is 942. The molecule has 0 amide bonds. The molecule has 0 bridgehead atoms. The Morgan fingerprint density at radius 2 is 2.04 bits per heavy atom. The molecule has 6 nitrogen and oxygen atoms in total. The summed E-state index contributed by atoms with van der Waals surface area (Å²) >= 11 is 6.07. The van der Waals surface area contributed by atoms with E-state index in [0.717, 1.165) is 5.56 Å². The molecule has 2 aromatic rings. The minimum atomic E-state index is -0.481. The van der Waals surface area contributed by atoms with Crippen molar-refractivity contribution in [2.45, 2.75) is 40.2 Å². The lowest BCUT2D eigenvalue weighted by molar-refractivity contribution is 0.372. The summed E-state index contributed by atoms with van der Waals surface area (Å²) in [5.74, 6) is -0.336. The summed E-state index contributed by atoms with van der Waals surface area (Å²) in [6.45, 7) is 7.12. The van der Waals surface area contributed by atoms with E-state index in [2.05, 4.69) is 10.2 Å². The van der Waals surface area contributed by atoms with Crippen LogP contribution in [0.25, 0.3) is 0 Å². The fourth-order valence-electron chi connectivity index (χ4n) is 2.37. The summed E-state index contributed by atoms with van der Waals surface area (Å²) in [6, 6.07) is 6.84. The molecular formula is C18H19ClN4O2. The third-order valence-electron chi connectivity index (χ3n) is 4.17. The van der Waals surface area contributed by atoms with Gasteiger partial charge in [0.25, 0.3) is 5.56 Å². The van der Waals surface area contributed by atoms with E-state index in [1.54, 1.807) is 32.0 Å². The minimum Gasteiger partial charge on any atom is -0.493 e. The second-order valence-corrected chi connectivity index (χ2v) is 6.26. The number of aromatic hydroxyl groups is 1. The van der Waals surface area contributed by atoms with Crippen LogP contribution in [0, 0.1) is 25.2 Å². The van der Waals surface area contributed by atoms with Gasteiger partial charge in [-0.25, -0.2) is 0 Å². The molecule has 1 aromatic carbocycles. The van der Waals surface area contributed by atoms with Gasteiger partial charge in [0.05, 0.1) is 5.69 Å². The molecule has 130 valence electrons. The Morgan fingerprint density at radius 1 is 1.36 bits per heavy atom. The number of halogens is 1. The number of hydrogen-bond donors (Lipinski definition) is 1. The topological polar surface area (TPSA) is 90.7 Å². The standard InChI is InChI=1S/C18H19ClN4O2/c1-5-11(3)23-17(24)14(9-20)12(4)16(18(23)25)22-21-13-7-6-10(2)15(19)8-13/h6-8,11,24H,5H2,1-4H3. The highest BCUT2D eigenvalue weighted by atomic mass is 35.5. The van der Waals surface area contributed by atoms with Crippen molar-refractivity contribution < 1.29 is 5.11 Å². The summed E-state index contributed by atoms with van der Waals surface area (Å²) in [5.41, 5.74) is 1.28. The zero-order chi connectivity index (χ0) is 18.7. The van der Waals surface area contributed by atoms with Gasteiger partial charge < -0.3 is 5.11 Å². The van der Waals surface area contributed by atoms with Gasteiger partial charge in [0.15, 0.2) is 5.69 Å². The number of rotatable bonds is 4. The normalized spacial score (nSPS) is 12.3. The second-order valence-electron chi connectivity index (χ2n) is 5.85. The molecule has 0 fully saturated rings. The largest absolute Gasteiger partial charge is 0.493 e. The van der Waals surface area contributed by atoms with Crippen molar-refractivity contribution in [2.75, 3.05) is 0 Å². The van der Waals surface area contributed by atoms with Gasteiger partial charge in [-0.2, -0.15) is 10.4 Å². The summed E-state index contributed by atoms with van der Waals surface area (Å²) in [7, 11) is 0. The lowest BCUT2D eigenvalue weighted by atomic mass is 10.1. The van der Waals surface area contributed by atoms with E-state index in [1.807, 2.05) is 19.9 Å². The van der Waals surface area contributed by atoms with Crippen molar-refractivity contribution in [3.05, 3.63) is 50.3 Å². The summed E-state index contributed by atoms with van der Waals surface area (Å²) in [6.07, 6.45) is 0.617. The molecule has 0 aliphatic heterocycles. The number of pyridine rings is 1.